The zero-order valence-electron chi connectivity index (χ0n) is 17.8. The molecule has 1 heterocycles. The molecule has 1 saturated heterocycles. The van der Waals surface area contributed by atoms with Crippen LogP contribution in [0.5, 0.6) is 11.5 Å². The van der Waals surface area contributed by atoms with Gasteiger partial charge in [-0.15, -0.1) is 0 Å². The minimum absolute atomic E-state index is 0.128. The molecular weight excluding hydrogens is 382 g/mol. The maximum atomic E-state index is 12.4. The van der Waals surface area contributed by atoms with Crippen LogP contribution in [0.25, 0.3) is 0 Å². The Labute approximate surface area is 178 Å². The van der Waals surface area contributed by atoms with Gasteiger partial charge < -0.3 is 24.4 Å². The number of urea groups is 1. The number of methoxy groups -OCH3 is 1. The van der Waals surface area contributed by atoms with E-state index in [-0.39, 0.29) is 6.03 Å². The highest BCUT2D eigenvalue weighted by Gasteiger charge is 2.11. The maximum absolute atomic E-state index is 12.4. The van der Waals surface area contributed by atoms with E-state index in [1.807, 2.05) is 48.5 Å². The second kappa shape index (κ2) is 11.4. The predicted octanol–water partition coefficient (Wildman–Crippen LogP) is 2.75. The summed E-state index contributed by atoms with van der Waals surface area (Å²) in [5.74, 6) is 1.60. The van der Waals surface area contributed by atoms with E-state index in [1.165, 1.54) is 0 Å². The highest BCUT2D eigenvalue weighted by atomic mass is 16.5. The summed E-state index contributed by atoms with van der Waals surface area (Å²) in [6.45, 7) is 5.98. The van der Waals surface area contributed by atoms with Gasteiger partial charge in [0.15, 0.2) is 0 Å². The van der Waals surface area contributed by atoms with Gasteiger partial charge >= 0.3 is 6.03 Å². The van der Waals surface area contributed by atoms with E-state index in [4.69, 9.17) is 14.2 Å². The van der Waals surface area contributed by atoms with Crippen LogP contribution in [0, 0.1) is 0 Å². The van der Waals surface area contributed by atoms with Crippen LogP contribution >= 0.6 is 0 Å². The van der Waals surface area contributed by atoms with Crippen LogP contribution in [0.1, 0.15) is 11.1 Å². The van der Waals surface area contributed by atoms with Crippen molar-refractivity contribution in [2.24, 2.45) is 0 Å². The van der Waals surface area contributed by atoms with Gasteiger partial charge in [0.05, 0.1) is 20.3 Å². The number of amides is 2. The van der Waals surface area contributed by atoms with Crippen molar-refractivity contribution in [1.29, 1.82) is 0 Å². The number of hydrogen-bond acceptors (Lipinski definition) is 5. The molecule has 0 spiro atoms. The van der Waals surface area contributed by atoms with Crippen LogP contribution in [0.2, 0.25) is 0 Å². The third-order valence-corrected chi connectivity index (χ3v) is 5.02. The molecule has 162 valence electrons. The summed E-state index contributed by atoms with van der Waals surface area (Å²) >= 11 is 0. The summed E-state index contributed by atoms with van der Waals surface area (Å²) in [6, 6.07) is 15.4. The molecule has 2 aromatic rings. The van der Waals surface area contributed by atoms with Crippen LogP contribution in [-0.4, -0.2) is 69.4 Å². The molecule has 2 amide bonds. The number of hydrogen-bond donors (Lipinski definition) is 1. The number of benzene rings is 2. The van der Waals surface area contributed by atoms with Gasteiger partial charge in [-0.1, -0.05) is 24.3 Å². The normalized spacial score (nSPS) is 14.2. The molecule has 0 aromatic heterocycles. The first-order chi connectivity index (χ1) is 14.6. The van der Waals surface area contributed by atoms with Gasteiger partial charge in [-0.3, -0.25) is 4.90 Å². The summed E-state index contributed by atoms with van der Waals surface area (Å²) in [6.07, 6.45) is 0. The first kappa shape index (κ1) is 21.9. The first-order valence-corrected chi connectivity index (χ1v) is 10.3. The molecule has 30 heavy (non-hydrogen) atoms. The van der Waals surface area contributed by atoms with Crippen molar-refractivity contribution in [3.63, 3.8) is 0 Å². The molecule has 1 aliphatic heterocycles. The third-order valence-electron chi connectivity index (χ3n) is 5.02. The van der Waals surface area contributed by atoms with E-state index in [2.05, 4.69) is 10.2 Å². The quantitative estimate of drug-likeness (QED) is 0.685. The fourth-order valence-electron chi connectivity index (χ4n) is 3.29. The van der Waals surface area contributed by atoms with E-state index in [0.29, 0.717) is 19.7 Å². The zero-order chi connectivity index (χ0) is 21.2. The highest BCUT2D eigenvalue weighted by molar-refractivity contribution is 5.73. The summed E-state index contributed by atoms with van der Waals surface area (Å²) in [7, 11) is 3.41. The van der Waals surface area contributed by atoms with Gasteiger partial charge in [0.25, 0.3) is 0 Å². The lowest BCUT2D eigenvalue weighted by atomic mass is 10.2. The fourth-order valence-corrected chi connectivity index (χ4v) is 3.29. The molecule has 0 radical (unpaired) electrons. The number of nitrogens with one attached hydrogen (secondary N) is 1. The van der Waals surface area contributed by atoms with Crippen LogP contribution in [0.4, 0.5) is 4.79 Å². The van der Waals surface area contributed by atoms with E-state index in [1.54, 1.807) is 19.1 Å². The number of ether oxygens (including phenoxy) is 3. The Bertz CT molecular complexity index is 809. The summed E-state index contributed by atoms with van der Waals surface area (Å²) < 4.78 is 16.5. The van der Waals surface area contributed by atoms with Gasteiger partial charge in [-0.05, 0) is 35.4 Å². The van der Waals surface area contributed by atoms with E-state index >= 15 is 0 Å². The van der Waals surface area contributed by atoms with Gasteiger partial charge in [0, 0.05) is 39.8 Å². The second-order valence-corrected chi connectivity index (χ2v) is 7.32. The Balaban J connectivity index is 1.43. The Kier molecular flexibility index (Phi) is 8.35. The molecule has 7 heteroatoms. The Morgan fingerprint density at radius 1 is 1.10 bits per heavy atom. The van der Waals surface area contributed by atoms with Crippen molar-refractivity contribution in [3.8, 4) is 11.5 Å². The van der Waals surface area contributed by atoms with Crippen molar-refractivity contribution in [2.45, 2.75) is 13.1 Å². The van der Waals surface area contributed by atoms with Gasteiger partial charge in [-0.25, -0.2) is 4.79 Å². The lowest BCUT2D eigenvalue weighted by Crippen LogP contribution is -2.38. The Morgan fingerprint density at radius 3 is 2.57 bits per heavy atom. The fraction of sp³-hybridized carbons (Fsp3) is 0.435. The molecule has 7 nitrogen and oxygen atoms in total. The van der Waals surface area contributed by atoms with Crippen molar-refractivity contribution in [1.82, 2.24) is 15.1 Å². The Hall–Kier alpha value is -2.77. The minimum atomic E-state index is -0.128. The molecule has 0 bridgehead atoms. The molecular formula is C23H31N3O4. The number of carbonyl (C=O) groups is 1. The standard InChI is InChI=1S/C23H31N3O4/c1-25(18-20-6-4-7-21(16-20)28-2)23(27)24-17-19-5-3-8-22(15-19)30-14-11-26-9-12-29-13-10-26/h3-8,15-16H,9-14,17-18H2,1-2H3,(H,24,27). The smallest absolute Gasteiger partial charge is 0.317 e. The van der Waals surface area contributed by atoms with Gasteiger partial charge in [0.1, 0.15) is 18.1 Å². The average Bonchev–Trinajstić information content (AvgIpc) is 2.78. The lowest BCUT2D eigenvalue weighted by molar-refractivity contribution is 0.0322. The Morgan fingerprint density at radius 2 is 1.80 bits per heavy atom. The van der Waals surface area contributed by atoms with Crippen molar-refractivity contribution in [2.75, 3.05) is 53.6 Å². The number of carbonyl (C=O) groups excluding carboxylic acids is 1. The molecule has 0 saturated carbocycles. The zero-order valence-corrected chi connectivity index (χ0v) is 17.8. The number of morpholine rings is 1. The van der Waals surface area contributed by atoms with E-state index in [0.717, 1.165) is 55.5 Å². The van der Waals surface area contributed by atoms with Crippen molar-refractivity contribution in [3.05, 3.63) is 59.7 Å². The highest BCUT2D eigenvalue weighted by Crippen LogP contribution is 2.15. The molecule has 0 aliphatic carbocycles. The predicted molar refractivity (Wildman–Crippen MR) is 116 cm³/mol. The van der Waals surface area contributed by atoms with Crippen LogP contribution < -0.4 is 14.8 Å². The molecule has 0 atom stereocenters. The topological polar surface area (TPSA) is 63.3 Å². The molecule has 0 unspecified atom stereocenters. The molecule has 2 aromatic carbocycles. The largest absolute Gasteiger partial charge is 0.497 e. The van der Waals surface area contributed by atoms with E-state index in [9.17, 15) is 4.79 Å². The monoisotopic (exact) mass is 413 g/mol. The summed E-state index contributed by atoms with van der Waals surface area (Å²) in [5.41, 5.74) is 2.02. The number of rotatable bonds is 9. The SMILES string of the molecule is COc1cccc(CN(C)C(=O)NCc2cccc(OCCN3CCOCC3)c2)c1. The molecule has 3 rings (SSSR count). The first-order valence-electron chi connectivity index (χ1n) is 10.3. The molecule has 1 aliphatic rings. The van der Waals surface area contributed by atoms with Gasteiger partial charge in [0.2, 0.25) is 0 Å². The van der Waals surface area contributed by atoms with Crippen LogP contribution in [0.3, 0.4) is 0 Å². The molecule has 1 N–H and O–H groups in total. The van der Waals surface area contributed by atoms with Crippen LogP contribution in [-0.2, 0) is 17.8 Å². The number of nitrogens with zero attached hydrogens (tertiary/aromatic N) is 2. The van der Waals surface area contributed by atoms with Crippen LogP contribution in [0.15, 0.2) is 48.5 Å². The van der Waals surface area contributed by atoms with Crippen molar-refractivity contribution >= 4 is 6.03 Å². The lowest BCUT2D eigenvalue weighted by Gasteiger charge is -2.26. The van der Waals surface area contributed by atoms with E-state index < -0.39 is 0 Å². The summed E-state index contributed by atoms with van der Waals surface area (Å²) in [4.78, 5) is 16.4. The minimum Gasteiger partial charge on any atom is -0.497 e. The average molecular weight is 414 g/mol. The third kappa shape index (κ3) is 6.93. The van der Waals surface area contributed by atoms with Gasteiger partial charge in [-0.2, -0.15) is 0 Å². The maximum Gasteiger partial charge on any atom is 0.317 e. The summed E-state index contributed by atoms with van der Waals surface area (Å²) in [5, 5.41) is 2.96. The second-order valence-electron chi connectivity index (χ2n) is 7.32. The van der Waals surface area contributed by atoms with Crippen molar-refractivity contribution < 1.29 is 19.0 Å². The molecule has 1 fully saturated rings.